The van der Waals surface area contributed by atoms with Crippen molar-refractivity contribution in [1.82, 2.24) is 9.97 Å². The molecule has 4 aromatic carbocycles. The van der Waals surface area contributed by atoms with Crippen LogP contribution in [0.5, 0.6) is 11.5 Å². The number of rotatable bonds is 8. The molecular formula is C36H23F9N4O4Se2. The van der Waals surface area contributed by atoms with E-state index in [-0.39, 0.29) is 36.3 Å². The molecular weight excluding hydrogens is 881 g/mol. The van der Waals surface area contributed by atoms with Crippen LogP contribution in [-0.4, -0.2) is 63.5 Å². The van der Waals surface area contributed by atoms with Gasteiger partial charge < -0.3 is 0 Å². The van der Waals surface area contributed by atoms with Crippen molar-refractivity contribution in [2.24, 2.45) is 0 Å². The molecule has 19 heteroatoms. The van der Waals surface area contributed by atoms with E-state index < -0.39 is 62.1 Å². The van der Waals surface area contributed by atoms with E-state index in [0.29, 0.717) is 31.4 Å². The number of ether oxygens (including phenoxy) is 2. The number of alkyl halides is 6. The van der Waals surface area contributed by atoms with Crippen LogP contribution in [0.3, 0.4) is 0 Å². The van der Waals surface area contributed by atoms with Crippen molar-refractivity contribution < 1.29 is 58.6 Å². The molecule has 286 valence electrons. The molecule has 2 aromatic heterocycles. The van der Waals surface area contributed by atoms with Crippen molar-refractivity contribution in [2.75, 3.05) is 10.6 Å². The van der Waals surface area contributed by atoms with Gasteiger partial charge in [-0.15, -0.1) is 0 Å². The van der Waals surface area contributed by atoms with Gasteiger partial charge in [-0.05, 0) is 0 Å². The maximum atomic E-state index is 13.7. The third-order valence-corrected chi connectivity index (χ3v) is 11.1. The summed E-state index contributed by atoms with van der Waals surface area (Å²) in [4.78, 5) is 32.4. The average molecular weight is 905 g/mol. The van der Waals surface area contributed by atoms with Crippen LogP contribution in [-0.2, 0) is 0 Å². The van der Waals surface area contributed by atoms with Crippen molar-refractivity contribution in [3.8, 4) is 31.5 Å². The number of carbonyl (C=O) groups is 2. The normalized spacial score (nSPS) is 11.3. The summed E-state index contributed by atoms with van der Waals surface area (Å²) in [5, 5.41) is 4.94. The Kier molecular flexibility index (Phi) is 12.6. The molecule has 0 aliphatic heterocycles. The number of hydrogen-bond acceptors (Lipinski definition) is 6. The molecule has 8 nitrogen and oxygen atoms in total. The second kappa shape index (κ2) is 17.0. The second-order valence-electron chi connectivity index (χ2n) is 11.1. The van der Waals surface area contributed by atoms with Crippen LogP contribution >= 0.6 is 0 Å². The molecule has 0 saturated heterocycles. The number of nitrogens with zero attached hydrogens (tertiary/aromatic N) is 2. The van der Waals surface area contributed by atoms with Crippen molar-refractivity contribution in [3.05, 3.63) is 131 Å². The molecule has 0 spiro atoms. The van der Waals surface area contributed by atoms with E-state index in [1.807, 2.05) is 0 Å². The number of benzene rings is 4. The number of nitrogens with one attached hydrogen (secondary N) is 2. The minimum atomic E-state index is -4.78. The van der Waals surface area contributed by atoms with Crippen molar-refractivity contribution in [1.29, 1.82) is 0 Å². The van der Waals surface area contributed by atoms with Gasteiger partial charge in [0.15, 0.2) is 0 Å². The minimum absolute atomic E-state index is 0.0886. The van der Waals surface area contributed by atoms with Gasteiger partial charge in [0.1, 0.15) is 0 Å². The Morgan fingerprint density at radius 2 is 1.04 bits per heavy atom. The van der Waals surface area contributed by atoms with E-state index in [1.54, 1.807) is 26.1 Å². The number of aromatic nitrogens is 2. The molecule has 0 radical (unpaired) electrons. The molecule has 0 bridgehead atoms. The number of halogens is 9. The summed E-state index contributed by atoms with van der Waals surface area (Å²) in [5.41, 5.74) is 1.66. The van der Waals surface area contributed by atoms with E-state index in [4.69, 9.17) is 0 Å². The molecule has 0 aliphatic rings. The number of amides is 2. The Morgan fingerprint density at radius 3 is 1.47 bits per heavy atom. The van der Waals surface area contributed by atoms with Crippen LogP contribution < -0.4 is 20.1 Å². The van der Waals surface area contributed by atoms with Crippen molar-refractivity contribution in [2.45, 2.75) is 26.6 Å². The first kappa shape index (κ1) is 40.8. The Labute approximate surface area is 317 Å². The number of hydrogen-bond donors (Lipinski definition) is 2. The Morgan fingerprint density at radius 1 is 0.600 bits per heavy atom. The summed E-state index contributed by atoms with van der Waals surface area (Å²) in [6.45, 7) is 3.27. The van der Waals surface area contributed by atoms with E-state index >= 15 is 0 Å². The summed E-state index contributed by atoms with van der Waals surface area (Å²) in [5.74, 6) is -4.83. The molecule has 0 aliphatic carbocycles. The summed E-state index contributed by atoms with van der Waals surface area (Å²) in [6, 6.07) is 16.6. The quantitative estimate of drug-likeness (QED) is 0.117. The summed E-state index contributed by atoms with van der Waals surface area (Å²) >= 11 is -0.882. The SMILES string of the molecule is Cc1cc(OC(F)(F)F)ccc1-c1cnc(NC(=O)c2c(F)cccc2F)[se]1.Cc1cc(OC(F)(F)F)ccc1-c1cnc(NC(=O)c2ccccc2F)[se]1. The predicted molar refractivity (Wildman–Crippen MR) is 185 cm³/mol. The van der Waals surface area contributed by atoms with Crippen LogP contribution in [0.1, 0.15) is 31.8 Å². The van der Waals surface area contributed by atoms with Crippen LogP contribution in [0.4, 0.5) is 48.9 Å². The van der Waals surface area contributed by atoms with Gasteiger partial charge in [0.05, 0.1) is 0 Å². The molecule has 6 rings (SSSR count). The molecule has 6 aromatic rings. The Hall–Kier alpha value is -5.35. The van der Waals surface area contributed by atoms with E-state index in [0.717, 1.165) is 22.6 Å². The summed E-state index contributed by atoms with van der Waals surface area (Å²) in [7, 11) is 0. The molecule has 55 heavy (non-hydrogen) atoms. The average Bonchev–Trinajstić information content (AvgIpc) is 3.73. The molecule has 2 heterocycles. The van der Waals surface area contributed by atoms with Gasteiger partial charge >= 0.3 is 318 Å². The third kappa shape index (κ3) is 11.1. The summed E-state index contributed by atoms with van der Waals surface area (Å²) in [6.07, 6.45) is -6.53. The van der Waals surface area contributed by atoms with Crippen LogP contribution in [0.25, 0.3) is 20.0 Å². The Balaban J connectivity index is 0.000000211. The van der Waals surface area contributed by atoms with E-state index in [2.05, 4.69) is 30.1 Å². The zero-order chi connectivity index (χ0) is 40.1. The fourth-order valence-corrected chi connectivity index (χ4v) is 8.60. The van der Waals surface area contributed by atoms with Gasteiger partial charge in [-0.1, -0.05) is 0 Å². The molecule has 0 atom stereocenters. The molecule has 2 amide bonds. The maximum absolute atomic E-state index is 13.7. The van der Waals surface area contributed by atoms with Gasteiger partial charge in [0.25, 0.3) is 0 Å². The second-order valence-corrected chi connectivity index (χ2v) is 15.4. The zero-order valence-electron chi connectivity index (χ0n) is 27.9. The van der Waals surface area contributed by atoms with Gasteiger partial charge in [0.2, 0.25) is 0 Å². The van der Waals surface area contributed by atoms with Crippen LogP contribution in [0.2, 0.25) is 0 Å². The fraction of sp³-hybridized carbons (Fsp3) is 0.111. The summed E-state index contributed by atoms with van der Waals surface area (Å²) < 4.78 is 125. The van der Waals surface area contributed by atoms with E-state index in [1.165, 1.54) is 60.8 Å². The molecule has 0 unspecified atom stereocenters. The van der Waals surface area contributed by atoms with Gasteiger partial charge in [-0.2, -0.15) is 0 Å². The first-order valence-corrected chi connectivity index (χ1v) is 18.8. The van der Waals surface area contributed by atoms with Crippen LogP contribution in [0, 0.1) is 31.3 Å². The first-order valence-electron chi connectivity index (χ1n) is 15.3. The predicted octanol–water partition coefficient (Wildman–Crippen LogP) is 8.95. The van der Waals surface area contributed by atoms with Crippen molar-refractivity contribution >= 4 is 50.2 Å². The number of aryl methyl sites for hydroxylation is 2. The van der Waals surface area contributed by atoms with Gasteiger partial charge in [-0.3, -0.25) is 0 Å². The van der Waals surface area contributed by atoms with Gasteiger partial charge in [-0.25, -0.2) is 0 Å². The van der Waals surface area contributed by atoms with Crippen LogP contribution in [0.15, 0.2) is 91.3 Å². The monoisotopic (exact) mass is 906 g/mol. The zero-order valence-corrected chi connectivity index (χ0v) is 31.3. The molecule has 2 N–H and O–H groups in total. The standard InChI is InChI=1S/C18H11F5N2O2Se.C18H12F4N2O2Se/c1-9-7-10(27-18(21,22)23)5-6-11(9)14-8-24-17(28-14)25-16(26)15-12(19)3-2-4-13(15)20;1-10-8-11(26-18(20,21)22)6-7-12(10)15-9-23-17(27-15)24-16(25)13-4-2-3-5-14(13)19/h2-8H,1H3,(H,24,25,26);2-9H,1H3,(H,23,24,25). The number of carbonyl (C=O) groups excluding carboxylic acids is 2. The van der Waals surface area contributed by atoms with E-state index in [9.17, 15) is 49.1 Å². The number of anilines is 2. The third-order valence-electron chi connectivity index (χ3n) is 7.15. The topological polar surface area (TPSA) is 102 Å². The molecule has 0 fully saturated rings. The fourth-order valence-electron chi connectivity index (χ4n) is 4.82. The molecule has 0 saturated carbocycles. The van der Waals surface area contributed by atoms with Crippen molar-refractivity contribution in [3.63, 3.8) is 0 Å². The van der Waals surface area contributed by atoms with Gasteiger partial charge in [0, 0.05) is 0 Å². The Bertz CT molecular complexity index is 2320. The first-order chi connectivity index (χ1) is 25.9.